The Labute approximate surface area is 198 Å². The maximum atomic E-state index is 13.7. The van der Waals surface area contributed by atoms with E-state index < -0.39 is 23.5 Å². The molecule has 3 rings (SSSR count). The first kappa shape index (κ1) is 24.7. The lowest BCUT2D eigenvalue weighted by atomic mass is 9.94. The Morgan fingerprint density at radius 1 is 1.21 bits per heavy atom. The largest absolute Gasteiger partial charge is 0.503 e. The van der Waals surface area contributed by atoms with Crippen LogP contribution in [0.1, 0.15) is 45.8 Å². The third-order valence-corrected chi connectivity index (χ3v) is 7.01. The molecule has 1 N–H and O–H groups in total. The minimum Gasteiger partial charge on any atom is -0.503 e. The van der Waals surface area contributed by atoms with Crippen LogP contribution in [0, 0.1) is 13.8 Å². The van der Waals surface area contributed by atoms with Gasteiger partial charge in [0.2, 0.25) is 5.78 Å². The molecule has 2 heterocycles. The number of thiazole rings is 1. The lowest BCUT2D eigenvalue weighted by Crippen LogP contribution is -2.38. The van der Waals surface area contributed by atoms with Crippen molar-refractivity contribution in [1.82, 2.24) is 14.8 Å². The third kappa shape index (κ3) is 4.60. The molecule has 1 amide bonds. The van der Waals surface area contributed by atoms with E-state index in [0.717, 1.165) is 18.1 Å². The summed E-state index contributed by atoms with van der Waals surface area (Å²) in [4.78, 5) is 35.4. The average molecular weight is 474 g/mol. The Kier molecular flexibility index (Phi) is 7.76. The minimum atomic E-state index is -0.813. The van der Waals surface area contributed by atoms with Crippen molar-refractivity contribution < 1.29 is 24.2 Å². The second-order valence-corrected chi connectivity index (χ2v) is 8.95. The maximum Gasteiger partial charge on any atom is 0.290 e. The quantitative estimate of drug-likeness (QED) is 0.526. The zero-order valence-electron chi connectivity index (χ0n) is 20.0. The molecule has 0 bridgehead atoms. The van der Waals surface area contributed by atoms with Crippen molar-refractivity contribution in [2.45, 2.75) is 33.7 Å². The number of nitrogens with zero attached hydrogens (tertiary/aromatic N) is 3. The molecule has 1 aromatic heterocycles. The number of aryl methyl sites for hydroxylation is 2. The Hall–Kier alpha value is -2.91. The molecular formula is C24H31N3O5S. The normalized spacial score (nSPS) is 16.2. The highest BCUT2D eigenvalue weighted by Crippen LogP contribution is 2.45. The van der Waals surface area contributed by atoms with Crippen LogP contribution in [0.15, 0.2) is 29.5 Å². The van der Waals surface area contributed by atoms with Crippen molar-refractivity contribution in [2.24, 2.45) is 0 Å². The van der Waals surface area contributed by atoms with Gasteiger partial charge in [-0.3, -0.25) is 9.59 Å². The van der Waals surface area contributed by atoms with Gasteiger partial charge in [0.05, 0.1) is 41.4 Å². The fraction of sp³-hybridized carbons (Fsp3) is 0.458. The number of hydrogen-bond donors (Lipinski definition) is 1. The summed E-state index contributed by atoms with van der Waals surface area (Å²) in [6.45, 7) is 10.3. The van der Waals surface area contributed by atoms with Gasteiger partial charge in [0.25, 0.3) is 5.91 Å². The summed E-state index contributed by atoms with van der Waals surface area (Å²) in [5, 5.41) is 11.7. The number of ketones is 1. The summed E-state index contributed by atoms with van der Waals surface area (Å²) in [6.07, 6.45) is 0. The zero-order valence-corrected chi connectivity index (χ0v) is 20.8. The van der Waals surface area contributed by atoms with Gasteiger partial charge in [-0.15, -0.1) is 11.3 Å². The molecule has 0 spiro atoms. The van der Waals surface area contributed by atoms with Crippen molar-refractivity contribution in [2.75, 3.05) is 40.4 Å². The van der Waals surface area contributed by atoms with Gasteiger partial charge in [-0.1, -0.05) is 26.0 Å². The molecule has 1 aromatic carbocycles. The Morgan fingerprint density at radius 2 is 1.91 bits per heavy atom. The Bertz CT molecular complexity index is 1070. The van der Waals surface area contributed by atoms with Crippen LogP contribution in [0.3, 0.4) is 0 Å². The molecule has 1 aliphatic heterocycles. The number of rotatable bonds is 10. The van der Waals surface area contributed by atoms with Crippen LogP contribution in [0.2, 0.25) is 0 Å². The smallest absolute Gasteiger partial charge is 0.290 e. The molecule has 33 heavy (non-hydrogen) atoms. The second kappa shape index (κ2) is 10.4. The number of para-hydroxylation sites is 1. The summed E-state index contributed by atoms with van der Waals surface area (Å²) in [6, 6.07) is 4.51. The van der Waals surface area contributed by atoms with Gasteiger partial charge in [0, 0.05) is 18.7 Å². The molecule has 0 saturated heterocycles. The van der Waals surface area contributed by atoms with Gasteiger partial charge in [-0.2, -0.15) is 0 Å². The SMILES string of the molecule is CCN(CC)CCN1C(=O)C(O)=C(C(=O)c2sc(C)nc2C)[C@@H]1c1cccc(OC)c1OC. The number of aliphatic hydroxyl groups is 1. The standard InChI is InChI=1S/C24H31N3O5S/c1-7-26(8-2)12-13-27-19(16-10-9-11-17(31-5)22(16)32-6)18(21(29)24(27)30)20(28)23-14(3)25-15(4)33-23/h9-11,19,29H,7-8,12-13H2,1-6H3/t19-/m0/s1. The summed E-state index contributed by atoms with van der Waals surface area (Å²) < 4.78 is 11.1. The highest BCUT2D eigenvalue weighted by molar-refractivity contribution is 7.14. The van der Waals surface area contributed by atoms with Gasteiger partial charge in [0.15, 0.2) is 17.3 Å². The van der Waals surface area contributed by atoms with Gasteiger partial charge in [0.1, 0.15) is 0 Å². The number of likely N-dealkylation sites (N-methyl/N-ethyl adjacent to an activating group) is 1. The Morgan fingerprint density at radius 3 is 2.45 bits per heavy atom. The van der Waals surface area contributed by atoms with E-state index >= 15 is 0 Å². The second-order valence-electron chi connectivity index (χ2n) is 7.75. The lowest BCUT2D eigenvalue weighted by Gasteiger charge is -2.30. The number of aromatic nitrogens is 1. The number of ether oxygens (including phenoxy) is 2. The number of carbonyl (C=O) groups excluding carboxylic acids is 2. The molecule has 0 unspecified atom stereocenters. The van der Waals surface area contributed by atoms with Crippen molar-refractivity contribution in [3.8, 4) is 11.5 Å². The van der Waals surface area contributed by atoms with Crippen LogP contribution >= 0.6 is 11.3 Å². The monoisotopic (exact) mass is 473 g/mol. The number of aliphatic hydroxyl groups excluding tert-OH is 1. The summed E-state index contributed by atoms with van der Waals surface area (Å²) in [5.41, 5.74) is 1.20. The van der Waals surface area contributed by atoms with Crippen molar-refractivity contribution in [3.05, 3.63) is 50.7 Å². The molecule has 9 heteroatoms. The number of benzene rings is 1. The van der Waals surface area contributed by atoms with E-state index in [1.54, 1.807) is 30.0 Å². The van der Waals surface area contributed by atoms with Crippen LogP contribution < -0.4 is 9.47 Å². The first-order valence-corrected chi connectivity index (χ1v) is 11.8. The van der Waals surface area contributed by atoms with Gasteiger partial charge in [-0.25, -0.2) is 4.98 Å². The average Bonchev–Trinajstić information content (AvgIpc) is 3.28. The molecule has 8 nitrogen and oxygen atoms in total. The number of amides is 1. The van der Waals surface area contributed by atoms with Gasteiger partial charge >= 0.3 is 0 Å². The number of carbonyl (C=O) groups is 2. The summed E-state index contributed by atoms with van der Waals surface area (Å²) in [5.74, 6) is -0.597. The molecule has 0 aliphatic carbocycles. The fourth-order valence-corrected chi connectivity index (χ4v) is 5.09. The first-order valence-electron chi connectivity index (χ1n) is 10.9. The van der Waals surface area contributed by atoms with E-state index in [2.05, 4.69) is 23.7 Å². The molecule has 0 radical (unpaired) electrons. The molecule has 0 fully saturated rings. The van der Waals surface area contributed by atoms with Crippen molar-refractivity contribution in [1.29, 1.82) is 0 Å². The van der Waals surface area contributed by atoms with E-state index in [9.17, 15) is 14.7 Å². The van der Waals surface area contributed by atoms with E-state index in [1.165, 1.54) is 25.6 Å². The Balaban J connectivity index is 2.15. The number of hydrogen-bond acceptors (Lipinski definition) is 8. The zero-order chi connectivity index (χ0) is 24.3. The van der Waals surface area contributed by atoms with E-state index in [1.807, 2.05) is 6.92 Å². The van der Waals surface area contributed by atoms with Crippen molar-refractivity contribution >= 4 is 23.0 Å². The molecule has 1 atom stereocenters. The van der Waals surface area contributed by atoms with Crippen LogP contribution in [0.25, 0.3) is 0 Å². The summed E-state index contributed by atoms with van der Waals surface area (Å²) in [7, 11) is 3.04. The van der Waals surface area contributed by atoms with E-state index in [0.29, 0.717) is 40.7 Å². The minimum absolute atomic E-state index is 0.0397. The van der Waals surface area contributed by atoms with Crippen LogP contribution in [-0.2, 0) is 4.79 Å². The lowest BCUT2D eigenvalue weighted by molar-refractivity contribution is -0.129. The topological polar surface area (TPSA) is 92.2 Å². The van der Waals surface area contributed by atoms with E-state index in [4.69, 9.17) is 9.47 Å². The number of Topliss-reactive ketones (excluding diaryl/α,β-unsaturated/α-hetero) is 1. The predicted molar refractivity (Wildman–Crippen MR) is 127 cm³/mol. The van der Waals surface area contributed by atoms with E-state index in [-0.39, 0.29) is 5.57 Å². The highest BCUT2D eigenvalue weighted by atomic mass is 32.1. The maximum absolute atomic E-state index is 13.7. The predicted octanol–water partition coefficient (Wildman–Crippen LogP) is 3.70. The molecule has 178 valence electrons. The number of methoxy groups -OCH3 is 2. The molecule has 1 aliphatic rings. The van der Waals surface area contributed by atoms with Gasteiger partial charge < -0.3 is 24.4 Å². The van der Waals surface area contributed by atoms with Crippen LogP contribution in [0.4, 0.5) is 0 Å². The van der Waals surface area contributed by atoms with Crippen molar-refractivity contribution in [3.63, 3.8) is 0 Å². The summed E-state index contributed by atoms with van der Waals surface area (Å²) >= 11 is 1.25. The fourth-order valence-electron chi connectivity index (χ4n) is 4.22. The first-order chi connectivity index (χ1) is 15.8. The van der Waals surface area contributed by atoms with Crippen LogP contribution in [0.5, 0.6) is 11.5 Å². The van der Waals surface area contributed by atoms with Crippen LogP contribution in [-0.4, -0.2) is 72.0 Å². The molecule has 2 aromatic rings. The van der Waals surface area contributed by atoms with Gasteiger partial charge in [-0.05, 0) is 33.0 Å². The molecular weight excluding hydrogens is 442 g/mol. The highest BCUT2D eigenvalue weighted by Gasteiger charge is 2.45. The molecule has 0 saturated carbocycles. The third-order valence-electron chi connectivity index (χ3n) is 5.94.